The molecule has 1 rings (SSSR count). The fraction of sp³-hybridized carbons (Fsp3) is 0.796. The number of hydrogen-bond acceptors (Lipinski definition) is 21. The van der Waals surface area contributed by atoms with Gasteiger partial charge in [-0.05, 0) is 81.0 Å². The van der Waals surface area contributed by atoms with Crippen molar-refractivity contribution in [2.75, 3.05) is 191 Å². The monoisotopic (exact) mass is 1300 g/mol. The maximum atomic E-state index is 13.8. The zero-order valence-electron chi connectivity index (χ0n) is 51.1. The number of rotatable bonds is 63. The highest BCUT2D eigenvalue weighted by atomic mass is 19.2. The Balaban J connectivity index is 2.70. The van der Waals surface area contributed by atoms with Crippen LogP contribution in [0.15, 0.2) is 15.3 Å². The normalized spacial score (nSPS) is 11.7. The van der Waals surface area contributed by atoms with Crippen LogP contribution < -0.4 is 36.6 Å². The molecule has 0 aromatic heterocycles. The average Bonchev–Trinajstić information content (AvgIpc) is 0.933. The van der Waals surface area contributed by atoms with E-state index in [9.17, 15) is 45.9 Å². The molecule has 0 aliphatic rings. The third-order valence-corrected chi connectivity index (χ3v) is 12.0. The van der Waals surface area contributed by atoms with Gasteiger partial charge in [-0.2, -0.15) is 8.78 Å². The first-order chi connectivity index (χ1) is 43.9. The summed E-state index contributed by atoms with van der Waals surface area (Å²) in [5.74, 6) is -15.3. The van der Waals surface area contributed by atoms with Crippen LogP contribution in [0, 0.1) is 29.1 Å². The Morgan fingerprint density at radius 3 is 1.30 bits per heavy atom. The maximum absolute atomic E-state index is 13.8. The Morgan fingerprint density at radius 1 is 0.400 bits per heavy atom. The van der Waals surface area contributed by atoms with Gasteiger partial charge in [0, 0.05) is 92.5 Å². The van der Waals surface area contributed by atoms with Gasteiger partial charge in [0.05, 0.1) is 138 Å². The molecule has 0 saturated carbocycles. The third kappa shape index (κ3) is 46.7. The molecular weight excluding hydrogens is 1210 g/mol. The number of unbranched alkanes of at least 4 members (excludes halogenated alkanes) is 2. The molecule has 0 radical (unpaired) electrons. The molecule has 1 aromatic carbocycles. The van der Waals surface area contributed by atoms with Crippen molar-refractivity contribution in [3.63, 3.8) is 0 Å². The summed E-state index contributed by atoms with van der Waals surface area (Å²) in [5, 5.41) is 28.6. The number of carbonyl (C=O) groups is 5. The average molecular weight is 1300 g/mol. The first-order valence-corrected chi connectivity index (χ1v) is 29.9. The van der Waals surface area contributed by atoms with Crippen LogP contribution >= 0.6 is 0 Å². The molecule has 6 N–H and O–H groups in total. The lowest BCUT2D eigenvalue weighted by molar-refractivity contribution is -0.136. The van der Waals surface area contributed by atoms with Crippen molar-refractivity contribution in [2.45, 2.75) is 89.1 Å². The Bertz CT molecular complexity index is 2240. The minimum absolute atomic E-state index is 0.000118. The number of hydrogen-bond donors (Lipinski definition) is 6. The van der Waals surface area contributed by atoms with Crippen LogP contribution in [0.5, 0.6) is 5.75 Å². The summed E-state index contributed by atoms with van der Waals surface area (Å²) < 4.78 is 126. The van der Waals surface area contributed by atoms with Crippen molar-refractivity contribution in [1.29, 1.82) is 0 Å². The molecule has 0 aliphatic heterocycles. The first-order valence-electron chi connectivity index (χ1n) is 29.9. The molecule has 2 atom stereocenters. The van der Waals surface area contributed by atoms with E-state index < -0.39 is 53.3 Å². The largest absolute Gasteiger partial charge is 0.420 e. The van der Waals surface area contributed by atoms with Gasteiger partial charge in [0.1, 0.15) is 0 Å². The predicted molar refractivity (Wildman–Crippen MR) is 313 cm³/mol. The number of amides is 4. The molecule has 31 nitrogen and oxygen atoms in total. The molecule has 0 heterocycles. The van der Waals surface area contributed by atoms with Crippen LogP contribution in [0.4, 0.5) is 22.0 Å². The highest BCUT2D eigenvalue weighted by molar-refractivity contribution is 5.81. The Kier molecular flexibility index (Phi) is 53.6. The van der Waals surface area contributed by atoms with Crippen molar-refractivity contribution < 1.29 is 98.0 Å². The summed E-state index contributed by atoms with van der Waals surface area (Å²) in [6.07, 6.45) is 4.61. The van der Waals surface area contributed by atoms with E-state index in [4.69, 9.17) is 64.0 Å². The second-order valence-electron chi connectivity index (χ2n) is 19.0. The number of carbonyl (C=O) groups excluding carboxylic acids is 5. The predicted octanol–water partition coefficient (Wildman–Crippen LogP) is 4.45. The van der Waals surface area contributed by atoms with Crippen molar-refractivity contribution in [2.24, 2.45) is 15.3 Å². The highest BCUT2D eigenvalue weighted by Gasteiger charge is 2.29. The topological polar surface area (TPSA) is 405 Å². The van der Waals surface area contributed by atoms with Crippen LogP contribution in [-0.2, 0) is 71.3 Å². The number of esters is 1. The molecule has 0 fully saturated rings. The fourth-order valence-corrected chi connectivity index (χ4v) is 7.43. The summed E-state index contributed by atoms with van der Waals surface area (Å²) in [6, 6.07) is -1.06. The van der Waals surface area contributed by atoms with E-state index in [-0.39, 0.29) is 181 Å². The van der Waals surface area contributed by atoms with Crippen molar-refractivity contribution in [3.8, 4) is 5.75 Å². The number of nitrogens with zero attached hydrogens (tertiary/aromatic N) is 9. The van der Waals surface area contributed by atoms with Gasteiger partial charge in [0.2, 0.25) is 58.5 Å². The van der Waals surface area contributed by atoms with Crippen LogP contribution in [0.25, 0.3) is 31.3 Å². The molecule has 0 spiro atoms. The smallest absolute Gasteiger partial charge is 0.313 e. The van der Waals surface area contributed by atoms with Crippen molar-refractivity contribution in [1.82, 2.24) is 31.9 Å². The minimum Gasteiger partial charge on any atom is -0.420 e. The van der Waals surface area contributed by atoms with E-state index in [1.54, 1.807) is 0 Å². The van der Waals surface area contributed by atoms with Gasteiger partial charge in [-0.25, -0.2) is 13.2 Å². The zero-order chi connectivity index (χ0) is 65.8. The summed E-state index contributed by atoms with van der Waals surface area (Å²) in [4.78, 5) is 71.8. The van der Waals surface area contributed by atoms with Crippen LogP contribution in [0.2, 0.25) is 0 Å². The Labute approximate surface area is 520 Å². The SMILES string of the molecule is [N-]=[N+]=NCCOCCOCCCNCCCC(=O)N[C@@H](CCCCNC(=O)CCOCCOCCN=[N+]=[N-])CN[C@@H](CCCCNC(=O)CCOCCOCCN=[N+]=[N-])C(=O)NCCOCCOCCOCCOCCC(=O)Oc1c(F)c(F)c(F)c(F)c1F. The molecular formula is C54H90F5N15O16. The summed E-state index contributed by atoms with van der Waals surface area (Å²) >= 11 is 0. The van der Waals surface area contributed by atoms with Crippen LogP contribution in [0.3, 0.4) is 0 Å². The maximum Gasteiger partial charge on any atom is 0.313 e. The molecule has 0 unspecified atom stereocenters. The number of azide groups is 3. The van der Waals surface area contributed by atoms with Gasteiger partial charge < -0.3 is 84.0 Å². The van der Waals surface area contributed by atoms with E-state index in [1.807, 2.05) is 0 Å². The quantitative estimate of drug-likeness (QED) is 0.00604. The summed E-state index contributed by atoms with van der Waals surface area (Å²) in [6.45, 7) is 7.54. The van der Waals surface area contributed by atoms with Gasteiger partial charge in [0.15, 0.2) is 0 Å². The first kappa shape index (κ1) is 81.7. The van der Waals surface area contributed by atoms with Gasteiger partial charge in [0.25, 0.3) is 0 Å². The zero-order valence-corrected chi connectivity index (χ0v) is 51.1. The number of halogens is 5. The van der Waals surface area contributed by atoms with E-state index in [0.717, 1.165) is 6.42 Å². The number of benzene rings is 1. The van der Waals surface area contributed by atoms with Crippen molar-refractivity contribution >= 4 is 29.6 Å². The van der Waals surface area contributed by atoms with E-state index in [2.05, 4.69) is 66.7 Å². The summed E-state index contributed by atoms with van der Waals surface area (Å²) in [5.41, 5.74) is 25.0. The summed E-state index contributed by atoms with van der Waals surface area (Å²) in [7, 11) is 0. The lowest BCUT2D eigenvalue weighted by Gasteiger charge is -2.24. The molecule has 512 valence electrons. The van der Waals surface area contributed by atoms with E-state index >= 15 is 0 Å². The standard InChI is InChI=1S/C54H90F5N15O16/c55-48-49(56)51(58)53(52(59)50(48)57)90-47(78)12-24-83-32-37-88-39-40-89-38-36-84-25-17-66-54(79)43(8-2-4-16-65-45(76)11-23-82-31-35-87-28-20-70-74-62)67-41-42(7-1-3-15-64-44(75)10-22-81-30-34-86-27-19-69-73-61)71-46(77)9-5-13-63-14-6-21-80-29-33-85-26-18-68-72-60/h42-43,63,67H,1-41H2,(H,64,75)(H,65,76)(H,66,79)(H,71,77)/t42-,43-/m0/s1. The third-order valence-electron chi connectivity index (χ3n) is 12.0. The molecule has 90 heavy (non-hydrogen) atoms. The highest BCUT2D eigenvalue weighted by Crippen LogP contribution is 2.29. The molecule has 4 amide bonds. The fourth-order valence-electron chi connectivity index (χ4n) is 7.43. The lowest BCUT2D eigenvalue weighted by Crippen LogP contribution is -2.50. The van der Waals surface area contributed by atoms with Gasteiger partial charge in [-0.1, -0.05) is 15.3 Å². The minimum atomic E-state index is -2.38. The second-order valence-corrected chi connectivity index (χ2v) is 19.0. The number of nitrogens with one attached hydrogen (secondary N) is 6. The van der Waals surface area contributed by atoms with Gasteiger partial charge in [-0.15, -0.1) is 0 Å². The van der Waals surface area contributed by atoms with Crippen LogP contribution in [0.1, 0.15) is 77.0 Å². The number of ether oxygens (including phenoxy) is 11. The molecule has 1 aromatic rings. The van der Waals surface area contributed by atoms with Gasteiger partial charge in [-0.3, -0.25) is 24.0 Å². The van der Waals surface area contributed by atoms with Gasteiger partial charge >= 0.3 is 5.97 Å². The van der Waals surface area contributed by atoms with Crippen LogP contribution in [-0.4, -0.2) is 233 Å². The molecule has 36 heteroatoms. The van der Waals surface area contributed by atoms with E-state index in [0.29, 0.717) is 104 Å². The van der Waals surface area contributed by atoms with E-state index in [1.165, 1.54) is 0 Å². The Hall–Kier alpha value is -6.33. The Morgan fingerprint density at radius 2 is 0.811 bits per heavy atom. The molecule has 0 aliphatic carbocycles. The lowest BCUT2D eigenvalue weighted by atomic mass is 10.1. The second kappa shape index (κ2) is 59.0. The molecule has 0 bridgehead atoms. The van der Waals surface area contributed by atoms with Crippen molar-refractivity contribution in [3.05, 3.63) is 60.4 Å². The molecule has 0 saturated heterocycles.